The highest BCUT2D eigenvalue weighted by Gasteiger charge is 2.46. The van der Waals surface area contributed by atoms with Crippen LogP contribution in [-0.4, -0.2) is 23.9 Å². The van der Waals surface area contributed by atoms with E-state index in [0.717, 1.165) is 36.4 Å². The molecular formula is C14H16ClNO. The van der Waals surface area contributed by atoms with E-state index in [9.17, 15) is 4.79 Å². The molecule has 1 saturated heterocycles. The van der Waals surface area contributed by atoms with Gasteiger partial charge in [-0.3, -0.25) is 4.79 Å². The van der Waals surface area contributed by atoms with Crippen molar-refractivity contribution >= 4 is 17.5 Å². The second-order valence-electron chi connectivity index (χ2n) is 5.18. The lowest BCUT2D eigenvalue weighted by atomic mass is 10.1. The molecule has 90 valence electrons. The van der Waals surface area contributed by atoms with Crippen molar-refractivity contribution in [3.05, 3.63) is 34.9 Å². The number of halogens is 1. The number of aryl methyl sites for hydroxylation is 1. The van der Waals surface area contributed by atoms with E-state index in [-0.39, 0.29) is 0 Å². The Labute approximate surface area is 107 Å². The van der Waals surface area contributed by atoms with Gasteiger partial charge in [-0.25, -0.2) is 0 Å². The van der Waals surface area contributed by atoms with Crippen molar-refractivity contribution in [2.75, 3.05) is 13.1 Å². The summed E-state index contributed by atoms with van der Waals surface area (Å²) in [5, 5.41) is 0.750. The predicted octanol–water partition coefficient (Wildman–Crippen LogP) is 2.75. The number of rotatable bonds is 3. The van der Waals surface area contributed by atoms with Crippen LogP contribution >= 0.6 is 11.6 Å². The number of carbonyl (C=O) groups excluding carboxylic acids is 1. The second-order valence-corrected chi connectivity index (χ2v) is 5.62. The molecule has 0 spiro atoms. The van der Waals surface area contributed by atoms with E-state index in [1.54, 1.807) is 0 Å². The van der Waals surface area contributed by atoms with E-state index in [2.05, 4.69) is 0 Å². The highest BCUT2D eigenvalue weighted by atomic mass is 35.5. The molecule has 3 heteroatoms. The number of likely N-dealkylation sites (tertiary alicyclic amines) is 1. The highest BCUT2D eigenvalue weighted by molar-refractivity contribution is 6.30. The molecule has 1 aromatic carbocycles. The minimum Gasteiger partial charge on any atom is -0.342 e. The second kappa shape index (κ2) is 4.34. The fourth-order valence-corrected chi connectivity index (χ4v) is 2.79. The fourth-order valence-electron chi connectivity index (χ4n) is 2.66. The van der Waals surface area contributed by atoms with E-state index in [1.165, 1.54) is 12.0 Å². The van der Waals surface area contributed by atoms with Crippen molar-refractivity contribution in [2.24, 2.45) is 11.8 Å². The van der Waals surface area contributed by atoms with Gasteiger partial charge in [-0.15, -0.1) is 0 Å². The average Bonchev–Trinajstić information content (AvgIpc) is 2.95. The van der Waals surface area contributed by atoms with Crippen molar-refractivity contribution in [1.29, 1.82) is 0 Å². The summed E-state index contributed by atoms with van der Waals surface area (Å²) in [6.07, 6.45) is 2.80. The van der Waals surface area contributed by atoms with Crippen LogP contribution in [0.4, 0.5) is 0 Å². The number of benzene rings is 1. The van der Waals surface area contributed by atoms with Gasteiger partial charge in [0, 0.05) is 24.5 Å². The SMILES string of the molecule is O=C(CCc1ccc(Cl)cc1)N1CC2CC2C1. The summed E-state index contributed by atoms with van der Waals surface area (Å²) in [4.78, 5) is 14.0. The van der Waals surface area contributed by atoms with Gasteiger partial charge in [-0.05, 0) is 42.4 Å². The number of carbonyl (C=O) groups is 1. The summed E-state index contributed by atoms with van der Waals surface area (Å²) < 4.78 is 0. The molecule has 2 aliphatic rings. The average molecular weight is 250 g/mol. The highest BCUT2D eigenvalue weighted by Crippen LogP contribution is 2.44. The molecule has 17 heavy (non-hydrogen) atoms. The Kier molecular flexibility index (Phi) is 2.83. The fraction of sp³-hybridized carbons (Fsp3) is 0.500. The molecule has 2 nitrogen and oxygen atoms in total. The number of amides is 1. The first-order valence-corrected chi connectivity index (χ1v) is 6.62. The molecule has 2 atom stereocenters. The molecule has 1 aromatic rings. The molecule has 0 aromatic heterocycles. The Morgan fingerprint density at radius 3 is 2.53 bits per heavy atom. The van der Waals surface area contributed by atoms with Gasteiger partial charge in [0.2, 0.25) is 5.91 Å². The zero-order valence-corrected chi connectivity index (χ0v) is 10.5. The number of hydrogen-bond acceptors (Lipinski definition) is 1. The summed E-state index contributed by atoms with van der Waals surface area (Å²) in [6.45, 7) is 2.01. The topological polar surface area (TPSA) is 20.3 Å². The molecule has 0 radical (unpaired) electrons. The number of fused-ring (bicyclic) bond motifs is 1. The molecule has 1 heterocycles. The zero-order chi connectivity index (χ0) is 11.8. The molecule has 2 fully saturated rings. The largest absolute Gasteiger partial charge is 0.342 e. The van der Waals surface area contributed by atoms with Crippen molar-refractivity contribution in [3.8, 4) is 0 Å². The normalized spacial score (nSPS) is 25.8. The van der Waals surface area contributed by atoms with Gasteiger partial charge < -0.3 is 4.90 Å². The maximum Gasteiger partial charge on any atom is 0.222 e. The smallest absolute Gasteiger partial charge is 0.222 e. The van der Waals surface area contributed by atoms with Crippen LogP contribution in [0, 0.1) is 11.8 Å². The summed E-state index contributed by atoms with van der Waals surface area (Å²) in [6, 6.07) is 7.76. The minimum atomic E-state index is 0.312. The first-order chi connectivity index (χ1) is 8.22. The van der Waals surface area contributed by atoms with Crippen molar-refractivity contribution in [1.82, 2.24) is 4.90 Å². The Hall–Kier alpha value is -1.02. The van der Waals surface area contributed by atoms with Crippen LogP contribution < -0.4 is 0 Å². The van der Waals surface area contributed by atoms with E-state index < -0.39 is 0 Å². The van der Waals surface area contributed by atoms with Crippen LogP contribution in [0.5, 0.6) is 0 Å². The van der Waals surface area contributed by atoms with Crippen LogP contribution in [-0.2, 0) is 11.2 Å². The summed E-state index contributed by atoms with van der Waals surface area (Å²) >= 11 is 5.82. The van der Waals surface area contributed by atoms with Gasteiger partial charge >= 0.3 is 0 Å². The van der Waals surface area contributed by atoms with Crippen molar-refractivity contribution in [2.45, 2.75) is 19.3 Å². The van der Waals surface area contributed by atoms with Crippen LogP contribution in [0.3, 0.4) is 0 Å². The molecule has 1 saturated carbocycles. The lowest BCUT2D eigenvalue weighted by Crippen LogP contribution is -2.30. The molecule has 2 unspecified atom stereocenters. The van der Waals surface area contributed by atoms with Crippen molar-refractivity contribution in [3.63, 3.8) is 0 Å². The third-order valence-electron chi connectivity index (χ3n) is 3.87. The Morgan fingerprint density at radius 2 is 1.88 bits per heavy atom. The molecule has 0 bridgehead atoms. The Balaban J connectivity index is 1.50. The first-order valence-electron chi connectivity index (χ1n) is 6.24. The third-order valence-corrected chi connectivity index (χ3v) is 4.12. The summed E-state index contributed by atoms with van der Waals surface area (Å²) in [7, 11) is 0. The molecule has 1 aliphatic carbocycles. The summed E-state index contributed by atoms with van der Waals surface area (Å²) in [5.41, 5.74) is 1.19. The quantitative estimate of drug-likeness (QED) is 0.807. The molecule has 0 N–H and O–H groups in total. The minimum absolute atomic E-state index is 0.312. The summed E-state index contributed by atoms with van der Waals surface area (Å²) in [5.74, 6) is 1.97. The Bertz CT molecular complexity index is 418. The van der Waals surface area contributed by atoms with E-state index >= 15 is 0 Å². The molecular weight excluding hydrogens is 234 g/mol. The van der Waals surface area contributed by atoms with Gasteiger partial charge in [0.25, 0.3) is 0 Å². The van der Waals surface area contributed by atoms with E-state index in [0.29, 0.717) is 12.3 Å². The lowest BCUT2D eigenvalue weighted by molar-refractivity contribution is -0.130. The number of nitrogens with zero attached hydrogens (tertiary/aromatic N) is 1. The lowest BCUT2D eigenvalue weighted by Gasteiger charge is -2.17. The van der Waals surface area contributed by atoms with Gasteiger partial charge in [-0.2, -0.15) is 0 Å². The first kappa shape index (κ1) is 11.1. The van der Waals surface area contributed by atoms with Gasteiger partial charge in [0.1, 0.15) is 0 Å². The molecule has 1 amide bonds. The van der Waals surface area contributed by atoms with Crippen LogP contribution in [0.15, 0.2) is 24.3 Å². The van der Waals surface area contributed by atoms with Crippen LogP contribution in [0.25, 0.3) is 0 Å². The van der Waals surface area contributed by atoms with Crippen LogP contribution in [0.2, 0.25) is 5.02 Å². The van der Waals surface area contributed by atoms with Gasteiger partial charge in [0.05, 0.1) is 0 Å². The number of piperidine rings is 1. The van der Waals surface area contributed by atoms with E-state index in [1.807, 2.05) is 29.2 Å². The van der Waals surface area contributed by atoms with Crippen molar-refractivity contribution < 1.29 is 4.79 Å². The van der Waals surface area contributed by atoms with Gasteiger partial charge in [0.15, 0.2) is 0 Å². The monoisotopic (exact) mass is 249 g/mol. The van der Waals surface area contributed by atoms with E-state index in [4.69, 9.17) is 11.6 Å². The number of hydrogen-bond donors (Lipinski definition) is 0. The predicted molar refractivity (Wildman–Crippen MR) is 68.0 cm³/mol. The van der Waals surface area contributed by atoms with Gasteiger partial charge in [-0.1, -0.05) is 23.7 Å². The molecule has 1 aliphatic heterocycles. The maximum absolute atomic E-state index is 12.0. The molecule has 3 rings (SSSR count). The Morgan fingerprint density at radius 1 is 1.24 bits per heavy atom. The standard InChI is InChI=1S/C14H16ClNO/c15-13-4-1-10(2-5-13)3-6-14(17)16-8-11-7-12(11)9-16/h1-2,4-5,11-12H,3,6-9H2. The maximum atomic E-state index is 12.0. The van der Waals surface area contributed by atoms with Crippen LogP contribution in [0.1, 0.15) is 18.4 Å². The zero-order valence-electron chi connectivity index (χ0n) is 9.73. The third kappa shape index (κ3) is 2.47.